The summed E-state index contributed by atoms with van der Waals surface area (Å²) in [7, 11) is -1.93. The number of nitrogens with zero attached hydrogens (tertiary/aromatic N) is 2. The summed E-state index contributed by atoms with van der Waals surface area (Å²) in [6.07, 6.45) is 0.865. The lowest BCUT2D eigenvalue weighted by atomic mass is 10.2. The van der Waals surface area contributed by atoms with E-state index in [1.165, 1.54) is 0 Å². The van der Waals surface area contributed by atoms with Gasteiger partial charge in [0, 0.05) is 30.5 Å². The van der Waals surface area contributed by atoms with Crippen molar-refractivity contribution in [3.8, 4) is 5.75 Å². The molecule has 0 spiro atoms. The molecule has 2 aromatic carbocycles. The van der Waals surface area contributed by atoms with Gasteiger partial charge in [-0.2, -0.15) is 4.98 Å². The Balaban J connectivity index is 1.56. The minimum Gasteiger partial charge on any atom is -0.497 e. The van der Waals surface area contributed by atoms with Crippen LogP contribution in [-0.4, -0.2) is 38.6 Å². The lowest BCUT2D eigenvalue weighted by molar-refractivity contribution is 0.415. The molecule has 3 N–H and O–H groups in total. The van der Waals surface area contributed by atoms with E-state index >= 15 is 0 Å². The predicted molar refractivity (Wildman–Crippen MR) is 123 cm³/mol. The topological polar surface area (TPSA) is 105 Å². The van der Waals surface area contributed by atoms with E-state index in [1.807, 2.05) is 56.3 Å². The first-order valence-corrected chi connectivity index (χ1v) is 11.5. The number of benzene rings is 2. The Morgan fingerprint density at radius 1 is 0.968 bits per heavy atom. The molecular weight excluding hydrogens is 414 g/mol. The largest absolute Gasteiger partial charge is 0.497 e. The smallest absolute Gasteiger partial charge is 0.240 e. The van der Waals surface area contributed by atoms with Gasteiger partial charge >= 0.3 is 0 Å². The summed E-state index contributed by atoms with van der Waals surface area (Å²) >= 11 is 0. The zero-order chi connectivity index (χ0) is 22.3. The molecule has 0 atom stereocenters. The number of aryl methyl sites for hydroxylation is 2. The third kappa shape index (κ3) is 6.40. The van der Waals surface area contributed by atoms with Gasteiger partial charge in [0.1, 0.15) is 11.6 Å². The molecule has 0 fully saturated rings. The average Bonchev–Trinajstić information content (AvgIpc) is 2.77. The molecule has 3 aromatic rings. The van der Waals surface area contributed by atoms with Crippen molar-refractivity contribution in [2.75, 3.05) is 30.8 Å². The maximum Gasteiger partial charge on any atom is 0.240 e. The number of sulfonamides is 1. The van der Waals surface area contributed by atoms with Crippen LogP contribution in [0.25, 0.3) is 0 Å². The van der Waals surface area contributed by atoms with Crippen LogP contribution in [0.4, 0.5) is 17.5 Å². The monoisotopic (exact) mass is 441 g/mol. The van der Waals surface area contributed by atoms with Crippen LogP contribution in [0.3, 0.4) is 0 Å². The molecule has 0 bridgehead atoms. The first-order valence-electron chi connectivity index (χ1n) is 9.99. The van der Waals surface area contributed by atoms with Crippen molar-refractivity contribution in [3.05, 3.63) is 65.9 Å². The van der Waals surface area contributed by atoms with Gasteiger partial charge in [-0.3, -0.25) is 0 Å². The number of hydrogen-bond donors (Lipinski definition) is 3. The molecular formula is C22H27N5O3S. The van der Waals surface area contributed by atoms with Gasteiger partial charge in [-0.1, -0.05) is 19.1 Å². The Labute approximate surface area is 183 Å². The summed E-state index contributed by atoms with van der Waals surface area (Å²) in [6.45, 7) is 4.45. The molecule has 1 aromatic heterocycles. The Morgan fingerprint density at radius 3 is 2.32 bits per heavy atom. The van der Waals surface area contributed by atoms with Gasteiger partial charge in [-0.15, -0.1) is 0 Å². The van der Waals surface area contributed by atoms with E-state index in [2.05, 4.69) is 25.3 Å². The molecule has 8 nitrogen and oxygen atoms in total. The SMILES string of the molecule is CCc1ccc(S(=O)(=O)NCCNc2nc(C)cc(Nc3ccc(OC)cc3)n2)cc1. The summed E-state index contributed by atoms with van der Waals surface area (Å²) in [5.74, 6) is 1.83. The molecule has 164 valence electrons. The normalized spacial score (nSPS) is 11.2. The Bertz CT molecular complexity index is 1100. The summed E-state index contributed by atoms with van der Waals surface area (Å²) in [6, 6.07) is 16.2. The van der Waals surface area contributed by atoms with Gasteiger partial charge in [0.15, 0.2) is 0 Å². The van der Waals surface area contributed by atoms with Crippen LogP contribution in [0.1, 0.15) is 18.2 Å². The highest BCUT2D eigenvalue weighted by atomic mass is 32.2. The third-order valence-electron chi connectivity index (χ3n) is 4.56. The quantitative estimate of drug-likeness (QED) is 0.414. The fraction of sp³-hybridized carbons (Fsp3) is 0.273. The van der Waals surface area contributed by atoms with E-state index in [0.717, 1.165) is 29.1 Å². The van der Waals surface area contributed by atoms with Gasteiger partial charge in [-0.05, 0) is 55.3 Å². The van der Waals surface area contributed by atoms with E-state index in [4.69, 9.17) is 4.74 Å². The minimum absolute atomic E-state index is 0.205. The van der Waals surface area contributed by atoms with E-state index in [-0.39, 0.29) is 11.4 Å². The molecule has 1 heterocycles. The molecule has 31 heavy (non-hydrogen) atoms. The number of ether oxygens (including phenoxy) is 1. The zero-order valence-electron chi connectivity index (χ0n) is 17.8. The second kappa shape index (κ2) is 10.2. The number of anilines is 3. The lowest BCUT2D eigenvalue weighted by Gasteiger charge is -2.11. The molecule has 0 saturated heterocycles. The second-order valence-corrected chi connectivity index (χ2v) is 8.66. The molecule has 0 aliphatic rings. The van der Waals surface area contributed by atoms with Crippen LogP contribution in [0, 0.1) is 6.92 Å². The number of rotatable bonds is 10. The van der Waals surface area contributed by atoms with E-state index in [9.17, 15) is 8.42 Å². The van der Waals surface area contributed by atoms with Crippen LogP contribution < -0.4 is 20.1 Å². The van der Waals surface area contributed by atoms with Crippen molar-refractivity contribution < 1.29 is 13.2 Å². The minimum atomic E-state index is -3.56. The van der Waals surface area contributed by atoms with Crippen LogP contribution in [0.5, 0.6) is 5.75 Å². The summed E-state index contributed by atoms with van der Waals surface area (Å²) < 4.78 is 32.6. The van der Waals surface area contributed by atoms with E-state index in [1.54, 1.807) is 19.2 Å². The van der Waals surface area contributed by atoms with Crippen molar-refractivity contribution in [1.29, 1.82) is 0 Å². The summed E-state index contributed by atoms with van der Waals surface area (Å²) in [5.41, 5.74) is 2.74. The molecule has 0 saturated carbocycles. The van der Waals surface area contributed by atoms with Gasteiger partial charge in [0.05, 0.1) is 12.0 Å². The molecule has 9 heteroatoms. The zero-order valence-corrected chi connectivity index (χ0v) is 18.7. The highest BCUT2D eigenvalue weighted by Crippen LogP contribution is 2.20. The lowest BCUT2D eigenvalue weighted by Crippen LogP contribution is -2.29. The third-order valence-corrected chi connectivity index (χ3v) is 6.04. The average molecular weight is 442 g/mol. The fourth-order valence-electron chi connectivity index (χ4n) is 2.88. The highest BCUT2D eigenvalue weighted by molar-refractivity contribution is 7.89. The van der Waals surface area contributed by atoms with Crippen LogP contribution >= 0.6 is 0 Å². The Kier molecular flexibility index (Phi) is 7.43. The molecule has 0 aliphatic heterocycles. The summed E-state index contributed by atoms with van der Waals surface area (Å²) in [5, 5.41) is 6.29. The summed E-state index contributed by atoms with van der Waals surface area (Å²) in [4.78, 5) is 9.05. The van der Waals surface area contributed by atoms with Gasteiger partial charge < -0.3 is 15.4 Å². The van der Waals surface area contributed by atoms with Crippen molar-refractivity contribution in [2.45, 2.75) is 25.2 Å². The van der Waals surface area contributed by atoms with Gasteiger partial charge in [0.25, 0.3) is 0 Å². The molecule has 0 unspecified atom stereocenters. The van der Waals surface area contributed by atoms with Crippen molar-refractivity contribution in [3.63, 3.8) is 0 Å². The first-order chi connectivity index (χ1) is 14.9. The highest BCUT2D eigenvalue weighted by Gasteiger charge is 2.13. The maximum atomic E-state index is 12.4. The Hall–Kier alpha value is -3.17. The van der Waals surface area contributed by atoms with Crippen LogP contribution in [0.15, 0.2) is 59.5 Å². The number of nitrogens with one attached hydrogen (secondary N) is 3. The second-order valence-electron chi connectivity index (χ2n) is 6.89. The predicted octanol–water partition coefficient (Wildman–Crippen LogP) is 3.49. The van der Waals surface area contributed by atoms with E-state index in [0.29, 0.717) is 18.3 Å². The molecule has 0 radical (unpaired) electrons. The molecule has 0 amide bonds. The van der Waals surface area contributed by atoms with Gasteiger partial charge in [0.2, 0.25) is 16.0 Å². The van der Waals surface area contributed by atoms with Gasteiger partial charge in [-0.25, -0.2) is 18.1 Å². The number of hydrogen-bond acceptors (Lipinski definition) is 7. The van der Waals surface area contributed by atoms with Crippen LogP contribution in [-0.2, 0) is 16.4 Å². The number of methoxy groups -OCH3 is 1. The maximum absolute atomic E-state index is 12.4. The number of aromatic nitrogens is 2. The molecule has 0 aliphatic carbocycles. The van der Waals surface area contributed by atoms with Crippen molar-refractivity contribution in [2.24, 2.45) is 0 Å². The molecule has 3 rings (SSSR count). The van der Waals surface area contributed by atoms with Crippen LogP contribution in [0.2, 0.25) is 0 Å². The van der Waals surface area contributed by atoms with Crippen molar-refractivity contribution in [1.82, 2.24) is 14.7 Å². The van der Waals surface area contributed by atoms with Crippen molar-refractivity contribution >= 4 is 27.5 Å². The first kappa shape index (κ1) is 22.5. The van der Waals surface area contributed by atoms with E-state index < -0.39 is 10.0 Å². The Morgan fingerprint density at radius 2 is 1.68 bits per heavy atom. The standard InChI is InChI=1S/C22H27N5O3S/c1-4-17-5-11-20(12-6-17)31(28,29)24-14-13-23-22-25-16(2)15-21(27-22)26-18-7-9-19(30-3)10-8-18/h5-12,15,24H,4,13-14H2,1-3H3,(H2,23,25,26,27). The fourth-order valence-corrected chi connectivity index (χ4v) is 3.91.